The maximum absolute atomic E-state index is 5.49. The quantitative estimate of drug-likeness (QED) is 0.821. The summed E-state index contributed by atoms with van der Waals surface area (Å²) in [4.78, 5) is 2.05. The van der Waals surface area contributed by atoms with Crippen molar-refractivity contribution < 1.29 is 0 Å². The third-order valence-electron chi connectivity index (χ3n) is 4.03. The van der Waals surface area contributed by atoms with E-state index in [4.69, 9.17) is 12.2 Å². The first-order chi connectivity index (χ1) is 11.0. The summed E-state index contributed by atoms with van der Waals surface area (Å²) in [5.74, 6) is 0. The van der Waals surface area contributed by atoms with Crippen LogP contribution in [-0.4, -0.2) is 36.6 Å². The van der Waals surface area contributed by atoms with E-state index >= 15 is 0 Å². The Morgan fingerprint density at radius 1 is 1.30 bits per heavy atom. The summed E-state index contributed by atoms with van der Waals surface area (Å²) in [5, 5.41) is 12.9. The van der Waals surface area contributed by atoms with Gasteiger partial charge >= 0.3 is 0 Å². The fourth-order valence-electron chi connectivity index (χ4n) is 2.56. The Morgan fingerprint density at radius 3 is 2.61 bits per heavy atom. The van der Waals surface area contributed by atoms with Crippen LogP contribution in [0.3, 0.4) is 0 Å². The van der Waals surface area contributed by atoms with Crippen LogP contribution in [0.2, 0.25) is 0 Å². The molecule has 0 bridgehead atoms. The van der Waals surface area contributed by atoms with E-state index in [-0.39, 0.29) is 0 Å². The summed E-state index contributed by atoms with van der Waals surface area (Å²) in [6, 6.07) is 0. The standard InChI is InChI=1S/C16H26N6S/c1-6-21-10-14(9-18-21)8-17-16(23)20(5)11-15-12(3)19-22(7-2)13(15)4/h9-10H,6-8,11H2,1-5H3,(H,17,23). The van der Waals surface area contributed by atoms with Crippen molar-refractivity contribution in [3.8, 4) is 0 Å². The van der Waals surface area contributed by atoms with Crippen LogP contribution in [-0.2, 0) is 26.2 Å². The van der Waals surface area contributed by atoms with Gasteiger partial charge < -0.3 is 10.2 Å². The van der Waals surface area contributed by atoms with E-state index in [9.17, 15) is 0 Å². The van der Waals surface area contributed by atoms with Crippen LogP contribution < -0.4 is 5.32 Å². The molecule has 0 saturated heterocycles. The van der Waals surface area contributed by atoms with Gasteiger partial charge in [0.25, 0.3) is 0 Å². The lowest BCUT2D eigenvalue weighted by Gasteiger charge is -2.21. The lowest BCUT2D eigenvalue weighted by atomic mass is 10.2. The van der Waals surface area contributed by atoms with Crippen molar-refractivity contribution in [1.29, 1.82) is 0 Å². The number of nitrogens with one attached hydrogen (secondary N) is 1. The molecule has 0 aromatic carbocycles. The minimum Gasteiger partial charge on any atom is -0.358 e. The second-order valence-electron chi connectivity index (χ2n) is 5.68. The first kappa shape index (κ1) is 17.5. The van der Waals surface area contributed by atoms with Crippen LogP contribution in [0.1, 0.15) is 36.4 Å². The van der Waals surface area contributed by atoms with Crippen LogP contribution in [0.5, 0.6) is 0 Å². The first-order valence-corrected chi connectivity index (χ1v) is 8.40. The Balaban J connectivity index is 1.93. The molecule has 0 saturated carbocycles. The number of thiocarbonyl (C=S) groups is 1. The highest BCUT2D eigenvalue weighted by molar-refractivity contribution is 7.80. The molecule has 0 aliphatic rings. The SMILES string of the molecule is CCn1cc(CNC(=S)N(C)Cc2c(C)nn(CC)c2C)cn1. The molecule has 2 rings (SSSR count). The second-order valence-corrected chi connectivity index (χ2v) is 6.07. The Kier molecular flexibility index (Phi) is 5.76. The molecule has 0 atom stereocenters. The number of rotatable bonds is 6. The van der Waals surface area contributed by atoms with Gasteiger partial charge in [-0.2, -0.15) is 10.2 Å². The molecule has 0 fully saturated rings. The smallest absolute Gasteiger partial charge is 0.169 e. The molecular weight excluding hydrogens is 308 g/mol. The monoisotopic (exact) mass is 334 g/mol. The average Bonchev–Trinajstić information content (AvgIpc) is 3.11. The van der Waals surface area contributed by atoms with Crippen molar-refractivity contribution in [2.45, 2.75) is 53.9 Å². The average molecular weight is 334 g/mol. The number of nitrogens with zero attached hydrogens (tertiary/aromatic N) is 5. The number of aryl methyl sites for hydroxylation is 3. The largest absolute Gasteiger partial charge is 0.358 e. The zero-order valence-corrected chi connectivity index (χ0v) is 15.4. The zero-order valence-electron chi connectivity index (χ0n) is 14.6. The molecular formula is C16H26N6S. The lowest BCUT2D eigenvalue weighted by molar-refractivity contribution is 0.485. The van der Waals surface area contributed by atoms with Gasteiger partial charge in [-0.15, -0.1) is 0 Å². The van der Waals surface area contributed by atoms with Gasteiger partial charge in [0.1, 0.15) is 0 Å². The van der Waals surface area contributed by atoms with E-state index in [1.165, 1.54) is 11.3 Å². The normalized spacial score (nSPS) is 10.8. The fraction of sp³-hybridized carbons (Fsp3) is 0.562. The van der Waals surface area contributed by atoms with Crippen LogP contribution >= 0.6 is 12.2 Å². The highest BCUT2D eigenvalue weighted by Crippen LogP contribution is 2.15. The van der Waals surface area contributed by atoms with Crippen molar-refractivity contribution in [3.05, 3.63) is 34.9 Å². The minimum atomic E-state index is 0.690. The number of aromatic nitrogens is 4. The highest BCUT2D eigenvalue weighted by atomic mass is 32.1. The molecule has 126 valence electrons. The Morgan fingerprint density at radius 2 is 2.04 bits per heavy atom. The molecule has 2 aromatic rings. The summed E-state index contributed by atoms with van der Waals surface area (Å²) >= 11 is 5.49. The van der Waals surface area contributed by atoms with Gasteiger partial charge in [0.15, 0.2) is 5.11 Å². The second kappa shape index (κ2) is 7.59. The predicted molar refractivity (Wildman–Crippen MR) is 96.2 cm³/mol. The van der Waals surface area contributed by atoms with E-state index in [0.717, 1.165) is 36.0 Å². The summed E-state index contributed by atoms with van der Waals surface area (Å²) in [7, 11) is 2.01. The third-order valence-corrected chi connectivity index (χ3v) is 4.48. The molecule has 0 spiro atoms. The van der Waals surface area contributed by atoms with Crippen LogP contribution in [0.25, 0.3) is 0 Å². The molecule has 0 aliphatic carbocycles. The Hall–Kier alpha value is -1.89. The van der Waals surface area contributed by atoms with E-state index in [1.807, 2.05) is 28.8 Å². The molecule has 7 heteroatoms. The van der Waals surface area contributed by atoms with E-state index in [1.54, 1.807) is 0 Å². The third kappa shape index (κ3) is 4.10. The maximum Gasteiger partial charge on any atom is 0.169 e. The number of hydrogen-bond acceptors (Lipinski definition) is 3. The summed E-state index contributed by atoms with van der Waals surface area (Å²) in [5.41, 5.74) is 4.66. The molecule has 2 heterocycles. The van der Waals surface area contributed by atoms with Gasteiger partial charge in [0.05, 0.1) is 11.9 Å². The van der Waals surface area contributed by atoms with Gasteiger partial charge in [-0.3, -0.25) is 9.36 Å². The van der Waals surface area contributed by atoms with Crippen molar-refractivity contribution in [1.82, 2.24) is 29.8 Å². The molecule has 1 N–H and O–H groups in total. The Bertz CT molecular complexity index is 672. The van der Waals surface area contributed by atoms with Gasteiger partial charge in [-0.25, -0.2) is 0 Å². The van der Waals surface area contributed by atoms with E-state index < -0.39 is 0 Å². The minimum absolute atomic E-state index is 0.690. The molecule has 2 aromatic heterocycles. The predicted octanol–water partition coefficient (Wildman–Crippen LogP) is 2.24. The number of hydrogen-bond donors (Lipinski definition) is 1. The maximum atomic E-state index is 5.49. The van der Waals surface area contributed by atoms with Gasteiger partial charge in [-0.05, 0) is 39.9 Å². The molecule has 23 heavy (non-hydrogen) atoms. The molecule has 0 unspecified atom stereocenters. The topological polar surface area (TPSA) is 50.9 Å². The summed E-state index contributed by atoms with van der Waals surface area (Å²) in [6.45, 7) is 11.6. The van der Waals surface area contributed by atoms with Crippen molar-refractivity contribution in [2.75, 3.05) is 7.05 Å². The van der Waals surface area contributed by atoms with Crippen LogP contribution in [0.15, 0.2) is 12.4 Å². The molecule has 0 radical (unpaired) electrons. The van der Waals surface area contributed by atoms with Gasteiger partial charge in [0.2, 0.25) is 0 Å². The van der Waals surface area contributed by atoms with Crippen molar-refractivity contribution in [3.63, 3.8) is 0 Å². The van der Waals surface area contributed by atoms with Crippen LogP contribution in [0, 0.1) is 13.8 Å². The van der Waals surface area contributed by atoms with Crippen molar-refractivity contribution >= 4 is 17.3 Å². The Labute approximate surface area is 143 Å². The van der Waals surface area contributed by atoms with Crippen molar-refractivity contribution in [2.24, 2.45) is 0 Å². The summed E-state index contributed by atoms with van der Waals surface area (Å²) in [6.07, 6.45) is 3.91. The van der Waals surface area contributed by atoms with Crippen LogP contribution in [0.4, 0.5) is 0 Å². The highest BCUT2D eigenvalue weighted by Gasteiger charge is 2.14. The lowest BCUT2D eigenvalue weighted by Crippen LogP contribution is -2.36. The molecule has 0 aliphatic heterocycles. The fourth-order valence-corrected chi connectivity index (χ4v) is 2.70. The summed E-state index contributed by atoms with van der Waals surface area (Å²) < 4.78 is 3.95. The van der Waals surface area contributed by atoms with Gasteiger partial charge in [0, 0.05) is 56.2 Å². The molecule has 6 nitrogen and oxygen atoms in total. The van der Waals surface area contributed by atoms with E-state index in [0.29, 0.717) is 6.54 Å². The van der Waals surface area contributed by atoms with E-state index in [2.05, 4.69) is 48.1 Å². The first-order valence-electron chi connectivity index (χ1n) is 7.99. The van der Waals surface area contributed by atoms with Gasteiger partial charge in [-0.1, -0.05) is 0 Å². The zero-order chi connectivity index (χ0) is 17.0. The molecule has 0 amide bonds.